The number of sulfonamides is 1. The van der Waals surface area contributed by atoms with Gasteiger partial charge in [-0.15, -0.1) is 6.42 Å². The molecule has 360 valence electrons. The van der Waals surface area contributed by atoms with Gasteiger partial charge in [0.25, 0.3) is 0 Å². The minimum absolute atomic E-state index is 0.0949. The zero-order valence-corrected chi connectivity index (χ0v) is 43.8. The topological polar surface area (TPSA) is 88.8 Å². The van der Waals surface area contributed by atoms with Crippen molar-refractivity contribution in [1.29, 1.82) is 0 Å². The second-order valence-corrected chi connectivity index (χ2v) is 13.8. The van der Waals surface area contributed by atoms with E-state index in [1.165, 1.54) is 6.07 Å². The molecule has 0 spiro atoms. The maximum Gasteiger partial charge on any atom is 0.238 e. The molecule has 0 aliphatic rings. The normalized spacial score (nSPS) is 5.73. The molecule has 0 aliphatic carbocycles. The number of nitrogens with zero attached hydrogens (tertiary/aromatic N) is 1. The van der Waals surface area contributed by atoms with Crippen LogP contribution < -0.4 is 5.14 Å². The van der Waals surface area contributed by atoms with E-state index in [1.807, 2.05) is 24.3 Å². The Labute approximate surface area is 492 Å². The van der Waals surface area contributed by atoms with Gasteiger partial charge in [0, 0.05) is 278 Å². The molecule has 3 rings (SSSR count). The minimum Gasteiger partial charge on any atom is -0.345 e. The first-order valence-corrected chi connectivity index (χ1v) is 23.4. The predicted molar refractivity (Wildman–Crippen MR) is 328 cm³/mol. The fraction of sp³-hybridized carbons (Fsp3) is 0.0128. The summed E-state index contributed by atoms with van der Waals surface area (Å²) in [6, 6.07) is 12.2. The fourth-order valence-corrected chi connectivity index (χ4v) is 4.54. The van der Waals surface area contributed by atoms with Crippen molar-refractivity contribution < 1.29 is 8.42 Å². The highest BCUT2D eigenvalue weighted by molar-refractivity contribution is 7.89. The van der Waals surface area contributed by atoms with Crippen molar-refractivity contribution in [3.05, 3.63) is 48.8 Å². The molecule has 0 saturated carbocycles. The lowest BCUT2D eigenvalue weighted by Crippen LogP contribution is -2.11. The van der Waals surface area contributed by atoms with Gasteiger partial charge in [0.05, 0.1) is 22.3 Å². The van der Waals surface area contributed by atoms with Crippen LogP contribution in [-0.2, 0) is 10.0 Å². The van der Waals surface area contributed by atoms with Crippen LogP contribution >= 0.6 is 0 Å². The third-order valence-electron chi connectivity index (χ3n) is 6.87. The van der Waals surface area contributed by atoms with Gasteiger partial charge in [0.15, 0.2) is 0 Å². The number of para-hydroxylation sites is 1. The monoisotopic (exact) mass is 1060 g/mol. The summed E-state index contributed by atoms with van der Waals surface area (Å²) in [6.07, 6.45) is 6.55. The third-order valence-corrected chi connectivity index (χ3v) is 7.78. The summed E-state index contributed by atoms with van der Waals surface area (Å²) in [4.78, 5) is 7.37. The first-order valence-electron chi connectivity index (χ1n) is 21.9. The zero-order valence-electron chi connectivity index (χ0n) is 42.9. The van der Waals surface area contributed by atoms with Crippen molar-refractivity contribution in [3.63, 3.8) is 0 Å². The van der Waals surface area contributed by atoms with E-state index >= 15 is 0 Å². The molecule has 1 heterocycles. The van der Waals surface area contributed by atoms with E-state index < -0.39 is 10.0 Å². The van der Waals surface area contributed by atoms with Crippen LogP contribution in [0.5, 0.6) is 0 Å². The van der Waals surface area contributed by atoms with Crippen LogP contribution in [0.1, 0.15) is 6.92 Å². The summed E-state index contributed by atoms with van der Waals surface area (Å²) < 4.78 is 22.8. The van der Waals surface area contributed by atoms with Gasteiger partial charge in [-0.3, -0.25) is 0 Å². The van der Waals surface area contributed by atoms with Crippen molar-refractivity contribution in [3.8, 4) is 391 Å². The molecule has 5 nitrogen and oxygen atoms in total. The number of imidazole rings is 1. The van der Waals surface area contributed by atoms with E-state index in [9.17, 15) is 8.42 Å². The Balaban J connectivity index is 0.00000105. The van der Waals surface area contributed by atoms with Gasteiger partial charge in [-0.25, -0.2) is 18.5 Å². The quantitative estimate of drug-likeness (QED) is 0.388. The number of nitrogens with one attached hydrogen (secondary N) is 1. The standard InChI is InChI=1S/C65H4.C13H11N3O2S/c1-3-5-7-9-11-13-15-17-19-21-23-25-27-29-31-33-35-37-39-41-43-45-47-49-51-53-55-57-59-61-63-65-64-62-60-58-56-54-52-50-48-46-44-42-40-38-36-34-32-30-28-26-24-22-20-18-16-14-12-10-8-6-4-2;14-19(17,18)10-4-1-3-9(7-10)11-5-2-6-12-13(11)16-8-15-12/h1H,2H3;1-8H,(H,15,16)(H2,14,17,18). The molecule has 0 amide bonds. The Hall–Kier alpha value is -16.3. The van der Waals surface area contributed by atoms with Gasteiger partial charge in [-0.2, -0.15) is 0 Å². The lowest BCUT2D eigenvalue weighted by Gasteiger charge is -2.05. The number of benzene rings is 2. The molecule has 0 fully saturated rings. The molecular formula is C78H15N3O2S. The second kappa shape index (κ2) is 47.7. The van der Waals surface area contributed by atoms with Crippen molar-refractivity contribution in [2.24, 2.45) is 5.14 Å². The van der Waals surface area contributed by atoms with Gasteiger partial charge in [-0.1, -0.05) is 30.2 Å². The predicted octanol–water partition coefficient (Wildman–Crippen LogP) is 2.62. The maximum atomic E-state index is 11.4. The van der Waals surface area contributed by atoms with Gasteiger partial charge >= 0.3 is 0 Å². The highest BCUT2D eigenvalue weighted by Gasteiger charge is 2.11. The molecule has 3 aromatic rings. The SMILES string of the molecule is C#CC#CC#CC#CC#CC#CC#CC#CC#CC#CC#CC#CC#CC#CC#CC#CC#CC#CC#CC#CC#CC#CC#CC#CC#CC#CC#CC#CC#CC#CC#CC#CC.NS(=O)(=O)c1cccc(-c2cccc3[nH]cnc23)c1. The van der Waals surface area contributed by atoms with E-state index in [2.05, 4.69) is 383 Å². The smallest absolute Gasteiger partial charge is 0.238 e. The van der Waals surface area contributed by atoms with Gasteiger partial charge in [0.1, 0.15) is 0 Å². The molecule has 2 aromatic carbocycles. The molecule has 6 heteroatoms. The highest BCUT2D eigenvalue weighted by Crippen LogP contribution is 2.27. The molecule has 84 heavy (non-hydrogen) atoms. The number of fused-ring (bicyclic) bond motifs is 1. The molecular weight excluding hydrogens is 1040 g/mol. The summed E-state index contributed by atoms with van der Waals surface area (Å²) in [5.41, 5.74) is 3.33. The Morgan fingerprint density at radius 1 is 0.345 bits per heavy atom. The number of hydrogen-bond donors (Lipinski definition) is 2. The number of terminal acetylenes is 1. The lowest BCUT2D eigenvalue weighted by atomic mass is 10.0. The first-order chi connectivity index (χ1) is 41.5. The van der Waals surface area contributed by atoms with E-state index in [-0.39, 0.29) is 4.90 Å². The van der Waals surface area contributed by atoms with E-state index in [0.29, 0.717) is 0 Å². The molecule has 0 unspecified atom stereocenters. The van der Waals surface area contributed by atoms with Gasteiger partial charge < -0.3 is 4.98 Å². The number of aromatic nitrogens is 2. The average Bonchev–Trinajstić information content (AvgIpc) is 3.48. The zero-order chi connectivity index (χ0) is 60.0. The van der Waals surface area contributed by atoms with Crippen molar-refractivity contribution in [2.75, 3.05) is 0 Å². The summed E-state index contributed by atoms with van der Waals surface area (Å²) in [5, 5.41) is 5.15. The van der Waals surface area contributed by atoms with Crippen LogP contribution in [0.3, 0.4) is 0 Å². The molecule has 0 bridgehead atoms. The molecule has 0 aliphatic heterocycles. The van der Waals surface area contributed by atoms with E-state index in [1.54, 1.807) is 25.4 Å². The molecule has 0 saturated heterocycles. The summed E-state index contributed by atoms with van der Waals surface area (Å²) in [5.74, 6) is 157. The van der Waals surface area contributed by atoms with Crippen molar-refractivity contribution in [2.45, 2.75) is 11.8 Å². The lowest BCUT2D eigenvalue weighted by molar-refractivity contribution is 0.598. The number of H-pyrrole nitrogens is 1. The van der Waals surface area contributed by atoms with Crippen LogP contribution in [0.25, 0.3) is 22.2 Å². The van der Waals surface area contributed by atoms with Gasteiger partial charge in [0.2, 0.25) is 10.0 Å². The Kier molecular flexibility index (Phi) is 36.3. The average molecular weight is 1060 g/mol. The van der Waals surface area contributed by atoms with Crippen molar-refractivity contribution in [1.82, 2.24) is 9.97 Å². The summed E-state index contributed by atoms with van der Waals surface area (Å²) in [6.45, 7) is 1.68. The largest absolute Gasteiger partial charge is 0.345 e. The van der Waals surface area contributed by atoms with E-state index in [0.717, 1.165) is 22.2 Å². The molecule has 3 N–H and O–H groups in total. The number of nitrogens with two attached hydrogens (primary N) is 1. The minimum atomic E-state index is -3.70. The number of rotatable bonds is 2. The number of aromatic amines is 1. The molecule has 0 radical (unpaired) electrons. The first kappa shape index (κ1) is 63.9. The van der Waals surface area contributed by atoms with Crippen LogP contribution in [-0.4, -0.2) is 18.4 Å². The summed E-state index contributed by atoms with van der Waals surface area (Å²) >= 11 is 0. The Morgan fingerprint density at radius 3 is 0.821 bits per heavy atom. The summed E-state index contributed by atoms with van der Waals surface area (Å²) in [7, 11) is -3.70. The number of primary sulfonamides is 1. The highest BCUT2D eigenvalue weighted by atomic mass is 32.2. The van der Waals surface area contributed by atoms with Gasteiger partial charge in [-0.05, 0) is 125 Å². The number of hydrogen-bond acceptors (Lipinski definition) is 3. The van der Waals surface area contributed by atoms with Crippen LogP contribution in [0.15, 0.2) is 53.7 Å². The van der Waals surface area contributed by atoms with Crippen molar-refractivity contribution >= 4 is 21.1 Å². The molecule has 0 atom stereocenters. The third kappa shape index (κ3) is 37.5. The Bertz CT molecular complexity index is 5580. The maximum absolute atomic E-state index is 11.4. The van der Waals surface area contributed by atoms with E-state index in [4.69, 9.17) is 11.6 Å². The Morgan fingerprint density at radius 2 is 0.583 bits per heavy atom. The van der Waals surface area contributed by atoms with Crippen LogP contribution in [0, 0.1) is 379 Å². The van der Waals surface area contributed by atoms with Crippen LogP contribution in [0.4, 0.5) is 0 Å². The fourth-order valence-electron chi connectivity index (χ4n) is 3.98. The van der Waals surface area contributed by atoms with Crippen LogP contribution in [0.2, 0.25) is 0 Å². The second-order valence-electron chi connectivity index (χ2n) is 12.2. The molecule has 1 aromatic heterocycles.